The summed E-state index contributed by atoms with van der Waals surface area (Å²) in [5.41, 5.74) is 0. The Morgan fingerprint density at radius 2 is 2.00 bits per heavy atom. The SMILES string of the molecule is CCCN(C(C)CC)[SiH]1CCC1. The largest absolute Gasteiger partial charge is 0.324 e. The summed E-state index contributed by atoms with van der Waals surface area (Å²) in [5, 5.41) is 0. The molecule has 1 aliphatic heterocycles. The van der Waals surface area contributed by atoms with Crippen molar-refractivity contribution in [3.05, 3.63) is 0 Å². The molecule has 0 radical (unpaired) electrons. The van der Waals surface area contributed by atoms with Crippen LogP contribution in [0.1, 0.15) is 40.0 Å². The van der Waals surface area contributed by atoms with Gasteiger partial charge in [-0.05, 0) is 37.5 Å². The molecule has 1 unspecified atom stereocenters. The average molecular weight is 185 g/mol. The van der Waals surface area contributed by atoms with Crippen LogP contribution in [-0.4, -0.2) is 26.1 Å². The molecule has 0 aromatic heterocycles. The Bertz CT molecular complexity index is 118. The highest BCUT2D eigenvalue weighted by Gasteiger charge is 2.28. The van der Waals surface area contributed by atoms with Crippen molar-refractivity contribution in [2.24, 2.45) is 0 Å². The summed E-state index contributed by atoms with van der Waals surface area (Å²) in [5.74, 6) is 0. The summed E-state index contributed by atoms with van der Waals surface area (Å²) in [6.07, 6.45) is 4.20. The van der Waals surface area contributed by atoms with E-state index in [0.717, 1.165) is 6.04 Å². The van der Waals surface area contributed by atoms with Gasteiger partial charge in [0.25, 0.3) is 0 Å². The van der Waals surface area contributed by atoms with Crippen molar-refractivity contribution in [1.82, 2.24) is 4.57 Å². The predicted octanol–water partition coefficient (Wildman–Crippen LogP) is 2.62. The molecule has 0 spiro atoms. The second-order valence-electron chi connectivity index (χ2n) is 4.08. The molecule has 0 N–H and O–H groups in total. The van der Waals surface area contributed by atoms with Crippen LogP contribution in [0, 0.1) is 0 Å². The van der Waals surface area contributed by atoms with Gasteiger partial charge in [-0.1, -0.05) is 27.2 Å². The van der Waals surface area contributed by atoms with E-state index in [1.165, 1.54) is 25.8 Å². The minimum Gasteiger partial charge on any atom is -0.324 e. The van der Waals surface area contributed by atoms with Gasteiger partial charge in [-0.3, -0.25) is 0 Å². The lowest BCUT2D eigenvalue weighted by Crippen LogP contribution is -2.48. The third kappa shape index (κ3) is 2.33. The molecule has 1 saturated heterocycles. The standard InChI is InChI=1S/C10H23NSi/c1-4-7-11(10(3)5-2)12-8-6-9-12/h10,12H,4-9H2,1-3H3. The van der Waals surface area contributed by atoms with Crippen LogP contribution in [-0.2, 0) is 0 Å². The smallest absolute Gasteiger partial charge is 0.112 e. The van der Waals surface area contributed by atoms with Crippen molar-refractivity contribution in [3.8, 4) is 0 Å². The molecular formula is C10H23NSi. The Balaban J connectivity index is 2.35. The van der Waals surface area contributed by atoms with E-state index in [-0.39, 0.29) is 8.96 Å². The minimum atomic E-state index is -0.376. The second-order valence-corrected chi connectivity index (χ2v) is 7.21. The van der Waals surface area contributed by atoms with Gasteiger partial charge in [0.1, 0.15) is 8.96 Å². The Hall–Kier alpha value is 0.177. The van der Waals surface area contributed by atoms with Crippen LogP contribution < -0.4 is 0 Å². The van der Waals surface area contributed by atoms with E-state index in [2.05, 4.69) is 25.3 Å². The van der Waals surface area contributed by atoms with Gasteiger partial charge in [0.15, 0.2) is 0 Å². The van der Waals surface area contributed by atoms with E-state index < -0.39 is 0 Å². The fraction of sp³-hybridized carbons (Fsp3) is 1.00. The fourth-order valence-corrected chi connectivity index (χ4v) is 4.96. The first-order chi connectivity index (χ1) is 5.79. The van der Waals surface area contributed by atoms with Crippen molar-refractivity contribution in [1.29, 1.82) is 0 Å². The van der Waals surface area contributed by atoms with Gasteiger partial charge in [-0.2, -0.15) is 0 Å². The molecule has 1 fully saturated rings. The highest BCUT2D eigenvalue weighted by molar-refractivity contribution is 6.58. The first-order valence-electron chi connectivity index (χ1n) is 5.55. The maximum atomic E-state index is 2.85. The zero-order valence-electron chi connectivity index (χ0n) is 8.84. The molecule has 0 aliphatic carbocycles. The Morgan fingerprint density at radius 3 is 2.33 bits per heavy atom. The van der Waals surface area contributed by atoms with Gasteiger partial charge < -0.3 is 4.57 Å². The topological polar surface area (TPSA) is 3.24 Å². The molecule has 0 aromatic carbocycles. The molecule has 1 heterocycles. The van der Waals surface area contributed by atoms with Gasteiger partial charge in [0.05, 0.1) is 0 Å². The molecule has 1 aliphatic rings. The average Bonchev–Trinajstić information content (AvgIpc) is 1.99. The lowest BCUT2D eigenvalue weighted by Gasteiger charge is -2.40. The molecule has 0 aromatic rings. The number of rotatable bonds is 5. The highest BCUT2D eigenvalue weighted by atomic mass is 28.3. The van der Waals surface area contributed by atoms with Crippen LogP contribution in [0.5, 0.6) is 0 Å². The van der Waals surface area contributed by atoms with E-state index in [4.69, 9.17) is 0 Å². The zero-order valence-corrected chi connectivity index (χ0v) is 10.00. The molecule has 0 saturated carbocycles. The third-order valence-electron chi connectivity index (χ3n) is 3.18. The number of hydrogen-bond acceptors (Lipinski definition) is 1. The van der Waals surface area contributed by atoms with Gasteiger partial charge in [-0.15, -0.1) is 0 Å². The maximum Gasteiger partial charge on any atom is 0.112 e. The van der Waals surface area contributed by atoms with Crippen LogP contribution >= 0.6 is 0 Å². The zero-order chi connectivity index (χ0) is 8.97. The van der Waals surface area contributed by atoms with Gasteiger partial charge in [0, 0.05) is 0 Å². The van der Waals surface area contributed by atoms with Crippen molar-refractivity contribution in [2.45, 2.75) is 58.2 Å². The predicted molar refractivity (Wildman–Crippen MR) is 58.1 cm³/mol. The molecule has 1 rings (SSSR count). The van der Waals surface area contributed by atoms with E-state index in [1.54, 1.807) is 12.1 Å². The molecule has 72 valence electrons. The first kappa shape index (κ1) is 10.3. The van der Waals surface area contributed by atoms with Crippen LogP contribution in [0.15, 0.2) is 0 Å². The highest BCUT2D eigenvalue weighted by Crippen LogP contribution is 2.25. The van der Waals surface area contributed by atoms with E-state index in [9.17, 15) is 0 Å². The maximum absolute atomic E-state index is 2.85. The summed E-state index contributed by atoms with van der Waals surface area (Å²) >= 11 is 0. The minimum absolute atomic E-state index is 0.376. The first-order valence-corrected chi connectivity index (χ1v) is 7.70. The Labute approximate surface area is 78.8 Å². The Kier molecular flexibility index (Phi) is 4.30. The molecule has 1 nitrogen and oxygen atoms in total. The molecule has 0 bridgehead atoms. The van der Waals surface area contributed by atoms with Crippen LogP contribution in [0.2, 0.25) is 12.1 Å². The van der Waals surface area contributed by atoms with Crippen LogP contribution in [0.3, 0.4) is 0 Å². The summed E-state index contributed by atoms with van der Waals surface area (Å²) < 4.78 is 2.85. The number of nitrogens with zero attached hydrogens (tertiary/aromatic N) is 1. The molecule has 0 amide bonds. The summed E-state index contributed by atoms with van der Waals surface area (Å²) in [6, 6.07) is 4.04. The van der Waals surface area contributed by atoms with E-state index in [0.29, 0.717) is 0 Å². The number of hydrogen-bond donors (Lipinski definition) is 0. The van der Waals surface area contributed by atoms with E-state index in [1.807, 2.05) is 0 Å². The van der Waals surface area contributed by atoms with Crippen molar-refractivity contribution in [2.75, 3.05) is 6.54 Å². The lowest BCUT2D eigenvalue weighted by atomic mass is 10.2. The van der Waals surface area contributed by atoms with Crippen molar-refractivity contribution in [3.63, 3.8) is 0 Å². The molecular weight excluding hydrogens is 162 g/mol. The van der Waals surface area contributed by atoms with Crippen LogP contribution in [0.25, 0.3) is 0 Å². The summed E-state index contributed by atoms with van der Waals surface area (Å²) in [4.78, 5) is 0. The third-order valence-corrected chi connectivity index (χ3v) is 7.04. The van der Waals surface area contributed by atoms with Gasteiger partial charge in [0.2, 0.25) is 0 Å². The van der Waals surface area contributed by atoms with Crippen LogP contribution in [0.4, 0.5) is 0 Å². The normalized spacial score (nSPS) is 21.0. The quantitative estimate of drug-likeness (QED) is 0.595. The van der Waals surface area contributed by atoms with Crippen molar-refractivity contribution < 1.29 is 0 Å². The molecule has 1 atom stereocenters. The van der Waals surface area contributed by atoms with Gasteiger partial charge >= 0.3 is 0 Å². The molecule has 12 heavy (non-hydrogen) atoms. The van der Waals surface area contributed by atoms with Crippen molar-refractivity contribution >= 4 is 8.96 Å². The lowest BCUT2D eigenvalue weighted by molar-refractivity contribution is 0.323. The molecule has 2 heteroatoms. The summed E-state index contributed by atoms with van der Waals surface area (Å²) in [6.45, 7) is 8.40. The van der Waals surface area contributed by atoms with Gasteiger partial charge in [-0.25, -0.2) is 0 Å². The fourth-order valence-electron chi connectivity index (χ4n) is 1.97. The second kappa shape index (κ2) is 5.03. The Morgan fingerprint density at radius 1 is 1.33 bits per heavy atom. The summed E-state index contributed by atoms with van der Waals surface area (Å²) in [7, 11) is -0.376. The monoisotopic (exact) mass is 185 g/mol. The van der Waals surface area contributed by atoms with E-state index >= 15 is 0 Å².